The van der Waals surface area contributed by atoms with Gasteiger partial charge in [-0.2, -0.15) is 0 Å². The van der Waals surface area contributed by atoms with Crippen LogP contribution in [-0.2, 0) is 0 Å². The number of hydrogen-bond acceptors (Lipinski definition) is 4. The molecule has 0 spiro atoms. The predicted octanol–water partition coefficient (Wildman–Crippen LogP) is 2.54. The summed E-state index contributed by atoms with van der Waals surface area (Å²) in [5.74, 6) is 0.700. The smallest absolute Gasteiger partial charge is 0.325 e. The van der Waals surface area contributed by atoms with Crippen LogP contribution in [0.5, 0.6) is 5.75 Å². The number of nitrogens with zero attached hydrogens (tertiary/aromatic N) is 2. The average Bonchev–Trinajstić information content (AvgIpc) is 3.11. The van der Waals surface area contributed by atoms with Crippen molar-refractivity contribution in [3.8, 4) is 17.0 Å². The van der Waals surface area contributed by atoms with Crippen LogP contribution in [-0.4, -0.2) is 52.9 Å². The molecule has 3 aromatic rings. The van der Waals surface area contributed by atoms with Crippen molar-refractivity contribution in [2.24, 2.45) is 5.73 Å². The van der Waals surface area contributed by atoms with Crippen LogP contribution < -0.4 is 16.0 Å². The summed E-state index contributed by atoms with van der Waals surface area (Å²) < 4.78 is 20.1. The lowest BCUT2D eigenvalue weighted by molar-refractivity contribution is 0.121. The molecule has 7 nitrogen and oxygen atoms in total. The van der Waals surface area contributed by atoms with Crippen molar-refractivity contribution in [3.05, 3.63) is 52.9 Å². The Morgan fingerprint density at radius 1 is 1.38 bits per heavy atom. The van der Waals surface area contributed by atoms with Crippen LogP contribution >= 0.6 is 0 Å². The maximum absolute atomic E-state index is 13.5. The molecule has 0 bridgehead atoms. The number of nitrogens with one attached hydrogen (secondary N) is 1. The number of primary amides is 1. The second-order valence-electron chi connectivity index (χ2n) is 7.19. The average molecular weight is 397 g/mol. The molecule has 0 saturated carbocycles. The molecule has 1 unspecified atom stereocenters. The summed E-state index contributed by atoms with van der Waals surface area (Å²) >= 11 is 0. The summed E-state index contributed by atoms with van der Waals surface area (Å²) in [6.45, 7) is 2.54. The maximum atomic E-state index is 13.5. The fourth-order valence-corrected chi connectivity index (χ4v) is 3.64. The highest BCUT2D eigenvalue weighted by Gasteiger charge is 2.18. The molecule has 8 heteroatoms. The number of piperidine rings is 1. The minimum atomic E-state index is -0.854. The Kier molecular flexibility index (Phi) is 5.35. The number of alkyl halides is 1. The van der Waals surface area contributed by atoms with Gasteiger partial charge in [0.2, 0.25) is 0 Å². The van der Waals surface area contributed by atoms with E-state index in [9.17, 15) is 14.0 Å². The van der Waals surface area contributed by atoms with Gasteiger partial charge in [0.25, 0.3) is 5.56 Å². The van der Waals surface area contributed by atoms with E-state index >= 15 is 0 Å². The van der Waals surface area contributed by atoms with Gasteiger partial charge in [-0.05, 0) is 49.7 Å². The fourth-order valence-electron chi connectivity index (χ4n) is 3.64. The molecule has 4 rings (SSSR count). The number of ether oxygens (including phenoxy) is 1. The van der Waals surface area contributed by atoms with Crippen molar-refractivity contribution in [1.82, 2.24) is 14.5 Å². The Labute approximate surface area is 166 Å². The second-order valence-corrected chi connectivity index (χ2v) is 7.19. The number of amides is 1. The topological polar surface area (TPSA) is 93.3 Å². The second kappa shape index (κ2) is 8.08. The van der Waals surface area contributed by atoms with Crippen LogP contribution in [0.2, 0.25) is 0 Å². The molecule has 1 aromatic carbocycles. The largest absolute Gasteiger partial charge is 0.492 e. The fraction of sp³-hybridized carbons (Fsp3) is 0.333. The molecule has 3 N–H and O–H groups in total. The summed E-state index contributed by atoms with van der Waals surface area (Å²) in [4.78, 5) is 29.1. The van der Waals surface area contributed by atoms with Gasteiger partial charge in [-0.3, -0.25) is 9.69 Å². The molecule has 1 saturated heterocycles. The van der Waals surface area contributed by atoms with E-state index in [1.165, 1.54) is 12.3 Å². The van der Waals surface area contributed by atoms with Crippen molar-refractivity contribution in [2.45, 2.75) is 19.0 Å². The summed E-state index contributed by atoms with van der Waals surface area (Å²) in [7, 11) is 0. The third-order valence-electron chi connectivity index (χ3n) is 5.12. The number of likely N-dealkylation sites (tertiary alicyclic amines) is 1. The minimum absolute atomic E-state index is 0.302. The van der Waals surface area contributed by atoms with Gasteiger partial charge in [0.15, 0.2) is 0 Å². The number of rotatable bonds is 5. The molecule has 1 radical (unpaired) electrons. The molecule has 1 aliphatic rings. The molecular formula is C21H22FN4O3. The van der Waals surface area contributed by atoms with Gasteiger partial charge in [-0.15, -0.1) is 0 Å². The van der Waals surface area contributed by atoms with Crippen molar-refractivity contribution < 1.29 is 13.9 Å². The molecule has 0 aliphatic carbocycles. The van der Waals surface area contributed by atoms with E-state index in [1.807, 2.05) is 24.3 Å². The van der Waals surface area contributed by atoms with Crippen molar-refractivity contribution in [1.29, 1.82) is 0 Å². The number of halogens is 1. The van der Waals surface area contributed by atoms with Crippen LogP contribution in [0.1, 0.15) is 12.8 Å². The first-order chi connectivity index (χ1) is 14.0. The number of carbonyl (C=O) groups excluding carboxylic acids is 1. The van der Waals surface area contributed by atoms with E-state index in [1.54, 1.807) is 0 Å². The number of aromatic amines is 1. The number of carbonyl (C=O) groups is 1. The monoisotopic (exact) mass is 397 g/mol. The Morgan fingerprint density at radius 3 is 3.03 bits per heavy atom. The van der Waals surface area contributed by atoms with E-state index in [0.29, 0.717) is 43.1 Å². The normalized spacial score (nSPS) is 17.5. The molecule has 1 aliphatic heterocycles. The van der Waals surface area contributed by atoms with Gasteiger partial charge in [0.1, 0.15) is 18.5 Å². The summed E-state index contributed by atoms with van der Waals surface area (Å²) in [6.07, 6.45) is 2.00. The maximum Gasteiger partial charge on any atom is 0.325 e. The van der Waals surface area contributed by atoms with Gasteiger partial charge in [-0.1, -0.05) is 0 Å². The number of H-pyrrole nitrogens is 1. The van der Waals surface area contributed by atoms with Crippen molar-refractivity contribution in [2.75, 3.05) is 26.2 Å². The van der Waals surface area contributed by atoms with Gasteiger partial charge < -0.3 is 15.5 Å². The highest BCUT2D eigenvalue weighted by Crippen LogP contribution is 2.25. The van der Waals surface area contributed by atoms with E-state index in [0.717, 1.165) is 28.4 Å². The summed E-state index contributed by atoms with van der Waals surface area (Å²) in [6, 6.07) is 10.8. The molecule has 1 atom stereocenters. The molecule has 3 heterocycles. The van der Waals surface area contributed by atoms with E-state index in [4.69, 9.17) is 10.5 Å². The lowest BCUT2D eigenvalue weighted by atomic mass is 10.1. The Bertz CT molecular complexity index is 1090. The number of benzene rings is 1. The predicted molar refractivity (Wildman–Crippen MR) is 108 cm³/mol. The summed E-state index contributed by atoms with van der Waals surface area (Å²) in [5, 5.41) is 0.869. The highest BCUT2D eigenvalue weighted by molar-refractivity contribution is 5.87. The zero-order valence-electron chi connectivity index (χ0n) is 15.9. The van der Waals surface area contributed by atoms with Crippen LogP contribution in [0.3, 0.4) is 0 Å². The molecule has 1 fully saturated rings. The first-order valence-corrected chi connectivity index (χ1v) is 9.56. The van der Waals surface area contributed by atoms with Crippen molar-refractivity contribution in [3.63, 3.8) is 0 Å². The zero-order chi connectivity index (χ0) is 20.4. The first kappa shape index (κ1) is 19.2. The van der Waals surface area contributed by atoms with Gasteiger partial charge in [0, 0.05) is 36.3 Å². The third-order valence-corrected chi connectivity index (χ3v) is 5.12. The number of fused-ring (bicyclic) bond motifs is 1. The Morgan fingerprint density at radius 2 is 2.24 bits per heavy atom. The standard InChI is InChI=1S/C21H22FN4O3/c22-15-3-1-7-25(13-15)9-10-29-16-5-6-18-14(11-16)12-19(24-18)17-4-2-8-26(20(17)27)21(23)28/h4-6,8,11-12,15,24H,1,3,7,9-10,13H2,(H2,23,28). The molecule has 29 heavy (non-hydrogen) atoms. The lowest BCUT2D eigenvalue weighted by Crippen LogP contribution is -2.38. The van der Waals surface area contributed by atoms with E-state index in [2.05, 4.69) is 16.0 Å². The Balaban J connectivity index is 1.49. The molecular weight excluding hydrogens is 375 g/mol. The SMILES string of the molecule is NC(=O)n1c[c]cc(-c2cc3cc(OCCN4CCCC(F)C4)ccc3[nH]2)c1=O. The summed E-state index contributed by atoms with van der Waals surface area (Å²) in [5.41, 5.74) is 6.41. The number of aromatic nitrogens is 2. The number of pyridine rings is 1. The lowest BCUT2D eigenvalue weighted by Gasteiger charge is -2.28. The van der Waals surface area contributed by atoms with Crippen LogP contribution in [0.4, 0.5) is 9.18 Å². The van der Waals surface area contributed by atoms with Gasteiger partial charge in [0.05, 0.1) is 11.3 Å². The highest BCUT2D eigenvalue weighted by atomic mass is 19.1. The number of hydrogen-bond donors (Lipinski definition) is 2. The Hall–Kier alpha value is -3.13. The molecule has 2 aromatic heterocycles. The number of nitrogens with two attached hydrogens (primary N) is 1. The van der Waals surface area contributed by atoms with Gasteiger partial charge in [-0.25, -0.2) is 13.8 Å². The van der Waals surface area contributed by atoms with Crippen LogP contribution in [0, 0.1) is 6.07 Å². The van der Waals surface area contributed by atoms with Crippen LogP contribution in [0.15, 0.2) is 41.3 Å². The minimum Gasteiger partial charge on any atom is -0.492 e. The van der Waals surface area contributed by atoms with Gasteiger partial charge >= 0.3 is 6.03 Å². The first-order valence-electron chi connectivity index (χ1n) is 9.56. The molecule has 151 valence electrons. The van der Waals surface area contributed by atoms with Crippen LogP contribution in [0.25, 0.3) is 22.2 Å². The third kappa shape index (κ3) is 4.17. The van der Waals surface area contributed by atoms with E-state index in [-0.39, 0.29) is 0 Å². The quantitative estimate of drug-likeness (QED) is 0.692. The zero-order valence-corrected chi connectivity index (χ0v) is 15.9. The molecule has 1 amide bonds. The van der Waals surface area contributed by atoms with Crippen molar-refractivity contribution >= 4 is 16.9 Å². The van der Waals surface area contributed by atoms with E-state index < -0.39 is 17.8 Å².